The Morgan fingerprint density at radius 1 is 0.271 bits per heavy atom. The molecule has 0 aliphatic rings. The summed E-state index contributed by atoms with van der Waals surface area (Å²) in [4.78, 5) is 1.86. The van der Waals surface area contributed by atoms with Gasteiger partial charge >= 0.3 is 0 Å². The van der Waals surface area contributed by atoms with Gasteiger partial charge in [-0.2, -0.15) is 0 Å². The van der Waals surface area contributed by atoms with E-state index in [2.05, 4.69) is 152 Å². The van der Waals surface area contributed by atoms with Gasteiger partial charge in [0.25, 0.3) is 0 Å². The van der Waals surface area contributed by atoms with Crippen molar-refractivity contribution in [2.45, 2.75) is 0 Å². The molecule has 1 heteroatoms. The van der Waals surface area contributed by atoms with Crippen molar-refractivity contribution in [1.29, 1.82) is 0 Å². The smallest absolute Gasteiger partial charge is 0.0645 e. The minimum Gasteiger partial charge on any atom is -0.311 e. The fourth-order valence-corrected chi connectivity index (χ4v) is 8.04. The number of rotatable bonds is 9. The van der Waals surface area contributed by atoms with Gasteiger partial charge in [0, 0.05) is 17.1 Å². The largest absolute Gasteiger partial charge is 0.311 e. The molecule has 278 valence electrons. The average molecular weight is 756 g/mol. The van der Waals surface area contributed by atoms with Crippen molar-refractivity contribution in [2.24, 2.45) is 0 Å². The van der Waals surface area contributed by atoms with Gasteiger partial charge in [-0.05, 0) is 120 Å². The standard InChI is InChI=1S/C58H41N/c1-5-15-42(16-6-1)43-25-33-51(34-26-43)59(53-37-29-48(30-38-53)56-40-31-47-21-13-14-24-55(47)58(56)49-22-11-4-12-23-49)52-35-27-44(28-36-52)50-32-39-54(45-17-7-2-8-18-45)57(41-50)46-19-9-3-10-20-46/h1-41H/i25D,26D,33D,34D. The van der Waals surface area contributed by atoms with Crippen LogP contribution < -0.4 is 4.90 Å². The van der Waals surface area contributed by atoms with Gasteiger partial charge in [-0.15, -0.1) is 0 Å². The van der Waals surface area contributed by atoms with Crippen LogP contribution in [0.5, 0.6) is 0 Å². The lowest BCUT2D eigenvalue weighted by Crippen LogP contribution is -2.09. The van der Waals surface area contributed by atoms with E-state index in [9.17, 15) is 5.48 Å². The second-order valence-corrected chi connectivity index (χ2v) is 14.6. The van der Waals surface area contributed by atoms with Crippen LogP contribution in [0.25, 0.3) is 77.5 Å². The van der Waals surface area contributed by atoms with E-state index in [-0.39, 0.29) is 35.4 Å². The Balaban J connectivity index is 1.11. The van der Waals surface area contributed by atoms with E-state index >= 15 is 0 Å². The van der Waals surface area contributed by atoms with Crippen LogP contribution in [0.3, 0.4) is 0 Å². The molecule has 0 unspecified atom stereocenters. The lowest BCUT2D eigenvalue weighted by atomic mass is 9.90. The van der Waals surface area contributed by atoms with Gasteiger partial charge in [0.2, 0.25) is 0 Å². The van der Waals surface area contributed by atoms with E-state index < -0.39 is 0 Å². The van der Waals surface area contributed by atoms with Crippen LogP contribution in [-0.4, -0.2) is 0 Å². The van der Waals surface area contributed by atoms with E-state index in [1.54, 1.807) is 0 Å². The highest BCUT2D eigenvalue weighted by atomic mass is 15.1. The molecular weight excluding hydrogens is 711 g/mol. The Labute approximate surface area is 352 Å². The molecule has 0 amide bonds. The Hall–Kier alpha value is -7.74. The lowest BCUT2D eigenvalue weighted by molar-refractivity contribution is 1.28. The second-order valence-electron chi connectivity index (χ2n) is 14.6. The monoisotopic (exact) mass is 755 g/mol. The molecule has 0 aromatic heterocycles. The maximum atomic E-state index is 9.47. The zero-order chi connectivity index (χ0) is 42.9. The molecule has 59 heavy (non-hydrogen) atoms. The molecule has 0 spiro atoms. The Morgan fingerprint density at radius 2 is 0.712 bits per heavy atom. The third-order valence-electron chi connectivity index (χ3n) is 11.0. The number of nitrogens with zero attached hydrogens (tertiary/aromatic N) is 1. The first-order valence-corrected chi connectivity index (χ1v) is 19.9. The van der Waals surface area contributed by atoms with Gasteiger partial charge in [-0.1, -0.05) is 206 Å². The molecule has 0 saturated carbocycles. The third-order valence-corrected chi connectivity index (χ3v) is 11.0. The Morgan fingerprint density at radius 3 is 1.32 bits per heavy atom. The molecule has 10 aromatic carbocycles. The number of fused-ring (bicyclic) bond motifs is 1. The van der Waals surface area contributed by atoms with E-state index in [4.69, 9.17) is 0 Å². The van der Waals surface area contributed by atoms with Crippen LogP contribution in [0.1, 0.15) is 5.48 Å². The second kappa shape index (κ2) is 16.0. The fourth-order valence-electron chi connectivity index (χ4n) is 8.04. The Bertz CT molecular complexity index is 3200. The van der Waals surface area contributed by atoms with Gasteiger partial charge in [-0.25, -0.2) is 0 Å². The molecule has 10 rings (SSSR count). The molecule has 0 heterocycles. The van der Waals surface area contributed by atoms with Crippen LogP contribution in [0.15, 0.2) is 249 Å². The summed E-state index contributed by atoms with van der Waals surface area (Å²) in [6, 6.07) is 75.9. The minimum absolute atomic E-state index is 0.0916. The maximum Gasteiger partial charge on any atom is 0.0645 e. The average Bonchev–Trinajstić information content (AvgIpc) is 3.35. The number of hydrogen-bond donors (Lipinski definition) is 0. The van der Waals surface area contributed by atoms with Crippen molar-refractivity contribution in [3.05, 3.63) is 249 Å². The number of benzene rings is 10. The topological polar surface area (TPSA) is 3.24 Å². The van der Waals surface area contributed by atoms with E-state index in [1.807, 2.05) is 77.7 Å². The van der Waals surface area contributed by atoms with Crippen LogP contribution in [0, 0.1) is 0 Å². The van der Waals surface area contributed by atoms with Crippen molar-refractivity contribution >= 4 is 27.8 Å². The van der Waals surface area contributed by atoms with Gasteiger partial charge in [0.05, 0.1) is 5.48 Å². The summed E-state index contributed by atoms with van der Waals surface area (Å²) >= 11 is 0. The van der Waals surface area contributed by atoms with Crippen LogP contribution in [0.4, 0.5) is 17.1 Å². The summed E-state index contributed by atoms with van der Waals surface area (Å²) < 4.78 is 37.4. The van der Waals surface area contributed by atoms with E-state index in [0.717, 1.165) is 61.0 Å². The molecule has 0 aliphatic carbocycles. The first kappa shape index (κ1) is 31.4. The molecule has 0 fully saturated rings. The highest BCUT2D eigenvalue weighted by molar-refractivity contribution is 6.04. The van der Waals surface area contributed by atoms with Gasteiger partial charge < -0.3 is 4.90 Å². The van der Waals surface area contributed by atoms with Crippen molar-refractivity contribution < 1.29 is 5.48 Å². The van der Waals surface area contributed by atoms with Gasteiger partial charge in [-0.3, -0.25) is 0 Å². The first-order valence-electron chi connectivity index (χ1n) is 21.9. The third kappa shape index (κ3) is 7.23. The molecule has 10 aromatic rings. The van der Waals surface area contributed by atoms with Gasteiger partial charge in [0.1, 0.15) is 0 Å². The maximum absolute atomic E-state index is 9.47. The van der Waals surface area contributed by atoms with Crippen molar-refractivity contribution in [3.63, 3.8) is 0 Å². The first-order chi connectivity index (χ1) is 30.9. The minimum atomic E-state index is -0.118. The number of anilines is 3. The van der Waals surface area contributed by atoms with Gasteiger partial charge in [0.15, 0.2) is 0 Å². The molecule has 0 saturated heterocycles. The molecule has 1 nitrogen and oxygen atoms in total. The van der Waals surface area contributed by atoms with Crippen LogP contribution >= 0.6 is 0 Å². The zero-order valence-corrected chi connectivity index (χ0v) is 32.3. The normalized spacial score (nSPS) is 12.0. The summed E-state index contributed by atoms with van der Waals surface area (Å²) in [6.07, 6.45) is 0. The molecule has 0 atom stereocenters. The number of hydrogen-bond acceptors (Lipinski definition) is 1. The van der Waals surface area contributed by atoms with Crippen LogP contribution in [0.2, 0.25) is 0 Å². The summed E-state index contributed by atoms with van der Waals surface area (Å²) in [5, 5.41) is 2.33. The molecule has 0 bridgehead atoms. The molecule has 0 aliphatic heterocycles. The van der Waals surface area contributed by atoms with Crippen molar-refractivity contribution in [1.82, 2.24) is 0 Å². The SMILES string of the molecule is [2H]c1c([2H])c(N(c2ccc(-c3ccc(-c4ccccc4)c(-c4ccccc4)c3)cc2)c2ccc(-c3ccc4ccccc4c3-c3ccccc3)cc2)c([2H])c([2H])c1-c1ccccc1. The quantitative estimate of drug-likeness (QED) is 0.142. The summed E-state index contributed by atoms with van der Waals surface area (Å²) in [6.45, 7) is 0. The molecular formula is C58H41N. The molecule has 0 radical (unpaired) electrons. The summed E-state index contributed by atoms with van der Waals surface area (Å²) in [7, 11) is 0. The van der Waals surface area contributed by atoms with Crippen molar-refractivity contribution in [2.75, 3.05) is 4.90 Å². The molecule has 0 N–H and O–H groups in total. The summed E-state index contributed by atoms with van der Waals surface area (Å²) in [5.41, 5.74) is 13.5. The van der Waals surface area contributed by atoms with Crippen molar-refractivity contribution in [3.8, 4) is 66.8 Å². The predicted molar refractivity (Wildman–Crippen MR) is 251 cm³/mol. The van der Waals surface area contributed by atoms with E-state index in [1.165, 1.54) is 5.39 Å². The highest BCUT2D eigenvalue weighted by Crippen LogP contribution is 2.42. The predicted octanol–water partition coefficient (Wildman–Crippen LogP) is 16.3. The Kier molecular flexibility index (Phi) is 8.51. The zero-order valence-electron chi connectivity index (χ0n) is 36.3. The highest BCUT2D eigenvalue weighted by Gasteiger charge is 2.17. The fraction of sp³-hybridized carbons (Fsp3) is 0. The lowest BCUT2D eigenvalue weighted by Gasteiger charge is -2.26. The van der Waals surface area contributed by atoms with Crippen LogP contribution in [-0.2, 0) is 0 Å². The van der Waals surface area contributed by atoms with E-state index in [0.29, 0.717) is 16.9 Å². The summed E-state index contributed by atoms with van der Waals surface area (Å²) in [5.74, 6) is 0.